The third-order valence-corrected chi connectivity index (χ3v) is 5.00. The van der Waals surface area contributed by atoms with Crippen LogP contribution in [0, 0.1) is 13.8 Å². The van der Waals surface area contributed by atoms with Gasteiger partial charge in [-0.25, -0.2) is 0 Å². The molecular weight excluding hydrogens is 372 g/mol. The lowest BCUT2D eigenvalue weighted by Gasteiger charge is -2.13. The Labute approximate surface area is 168 Å². The van der Waals surface area contributed by atoms with Gasteiger partial charge in [-0.1, -0.05) is 41.9 Å². The van der Waals surface area contributed by atoms with Crippen molar-refractivity contribution < 1.29 is 9.15 Å². The van der Waals surface area contributed by atoms with E-state index < -0.39 is 0 Å². The van der Waals surface area contributed by atoms with Crippen molar-refractivity contribution in [2.45, 2.75) is 20.5 Å². The molecule has 0 fully saturated rings. The Morgan fingerprint density at radius 2 is 1.71 bits per heavy atom. The molecule has 140 valence electrons. The van der Waals surface area contributed by atoms with E-state index in [4.69, 9.17) is 20.8 Å². The maximum Gasteiger partial charge on any atom is 0.235 e. The zero-order valence-corrected chi connectivity index (χ0v) is 16.4. The minimum atomic E-state index is -0.181. The molecule has 0 unspecified atom stereocenters. The molecule has 0 radical (unpaired) electrons. The van der Waals surface area contributed by atoms with Crippen LogP contribution in [0.5, 0.6) is 5.75 Å². The number of hydrogen-bond acceptors (Lipinski definition) is 3. The average molecular weight is 391 g/mol. The minimum absolute atomic E-state index is 0.181. The van der Waals surface area contributed by atoms with Crippen LogP contribution in [0.3, 0.4) is 0 Å². The quantitative estimate of drug-likeness (QED) is 0.410. The van der Waals surface area contributed by atoms with E-state index in [1.165, 1.54) is 0 Å². The van der Waals surface area contributed by atoms with Gasteiger partial charge >= 0.3 is 0 Å². The van der Waals surface area contributed by atoms with E-state index in [1.807, 2.05) is 62.4 Å². The first-order chi connectivity index (χ1) is 13.5. The van der Waals surface area contributed by atoms with Crippen molar-refractivity contribution in [3.05, 3.63) is 98.7 Å². The number of rotatable bonds is 4. The van der Waals surface area contributed by atoms with E-state index in [2.05, 4.69) is 0 Å². The van der Waals surface area contributed by atoms with Gasteiger partial charge < -0.3 is 9.15 Å². The Kier molecular flexibility index (Phi) is 4.93. The van der Waals surface area contributed by atoms with Gasteiger partial charge in [-0.05, 0) is 66.9 Å². The minimum Gasteiger partial charge on any atom is -0.481 e. The van der Waals surface area contributed by atoms with Crippen molar-refractivity contribution in [1.29, 1.82) is 0 Å². The van der Waals surface area contributed by atoms with Crippen LogP contribution >= 0.6 is 11.6 Å². The second kappa shape index (κ2) is 7.53. The fourth-order valence-corrected chi connectivity index (χ4v) is 3.25. The molecular formula is C24H19ClO3. The molecule has 4 aromatic rings. The number of aryl methyl sites for hydroxylation is 2. The number of fused-ring (bicyclic) bond motifs is 1. The van der Waals surface area contributed by atoms with Crippen LogP contribution in [0.25, 0.3) is 22.3 Å². The van der Waals surface area contributed by atoms with Crippen LogP contribution in [-0.2, 0) is 6.61 Å². The van der Waals surface area contributed by atoms with Crippen LogP contribution in [0.1, 0.15) is 16.7 Å². The molecule has 3 nitrogen and oxygen atoms in total. The average Bonchev–Trinajstić information content (AvgIpc) is 2.69. The van der Waals surface area contributed by atoms with Gasteiger partial charge in [0, 0.05) is 10.6 Å². The second-order valence-corrected chi connectivity index (χ2v) is 7.25. The maximum absolute atomic E-state index is 13.2. The molecule has 0 N–H and O–H groups in total. The zero-order valence-electron chi connectivity index (χ0n) is 15.7. The maximum atomic E-state index is 13.2. The molecule has 0 saturated heterocycles. The Balaban J connectivity index is 1.87. The molecule has 0 aliphatic heterocycles. The highest BCUT2D eigenvalue weighted by Crippen LogP contribution is 2.32. The van der Waals surface area contributed by atoms with Crippen LogP contribution in [-0.4, -0.2) is 0 Å². The molecule has 4 rings (SSSR count). The predicted molar refractivity (Wildman–Crippen MR) is 113 cm³/mol. The standard InChI is InChI=1S/C24H19ClO3/c1-15-7-12-20-21(13-15)28-23(17-8-10-19(25)11-9-17)24(22(20)26)27-14-18-6-4-3-5-16(18)2/h3-13H,14H2,1-2H3. The van der Waals surface area contributed by atoms with Gasteiger partial charge in [-0.15, -0.1) is 0 Å². The van der Waals surface area contributed by atoms with E-state index in [1.54, 1.807) is 18.2 Å². The van der Waals surface area contributed by atoms with Crippen LogP contribution < -0.4 is 10.2 Å². The van der Waals surface area contributed by atoms with E-state index in [0.29, 0.717) is 21.8 Å². The SMILES string of the molecule is Cc1ccc2c(=O)c(OCc3ccccc3C)c(-c3ccc(Cl)cc3)oc2c1. The third kappa shape index (κ3) is 3.54. The van der Waals surface area contributed by atoms with Gasteiger partial charge in [0.15, 0.2) is 5.76 Å². The van der Waals surface area contributed by atoms with Crippen molar-refractivity contribution >= 4 is 22.6 Å². The third-order valence-electron chi connectivity index (χ3n) is 4.75. The van der Waals surface area contributed by atoms with Crippen molar-refractivity contribution in [1.82, 2.24) is 0 Å². The summed E-state index contributed by atoms with van der Waals surface area (Å²) in [6.45, 7) is 4.27. The van der Waals surface area contributed by atoms with Gasteiger partial charge in [0.1, 0.15) is 12.2 Å². The lowest BCUT2D eigenvalue weighted by molar-refractivity contribution is 0.297. The molecule has 0 aliphatic carbocycles. The normalized spacial score (nSPS) is 11.0. The molecule has 4 heteroatoms. The summed E-state index contributed by atoms with van der Waals surface area (Å²) in [6, 6.07) is 20.7. The Morgan fingerprint density at radius 3 is 2.46 bits per heavy atom. The van der Waals surface area contributed by atoms with Crippen LogP contribution in [0.2, 0.25) is 5.02 Å². The number of hydrogen-bond donors (Lipinski definition) is 0. The topological polar surface area (TPSA) is 39.4 Å². The first-order valence-corrected chi connectivity index (χ1v) is 9.41. The Bertz CT molecular complexity index is 1210. The lowest BCUT2D eigenvalue weighted by atomic mass is 10.1. The highest BCUT2D eigenvalue weighted by Gasteiger charge is 2.18. The Morgan fingerprint density at radius 1 is 0.964 bits per heavy atom. The molecule has 0 atom stereocenters. The van der Waals surface area contributed by atoms with E-state index >= 15 is 0 Å². The largest absolute Gasteiger partial charge is 0.481 e. The zero-order chi connectivity index (χ0) is 19.7. The lowest BCUT2D eigenvalue weighted by Crippen LogP contribution is -2.11. The Hall–Kier alpha value is -3.04. The molecule has 0 saturated carbocycles. The monoisotopic (exact) mass is 390 g/mol. The van der Waals surface area contributed by atoms with Crippen LogP contribution in [0.15, 0.2) is 75.9 Å². The molecule has 0 amide bonds. The molecule has 1 aromatic heterocycles. The fourth-order valence-electron chi connectivity index (χ4n) is 3.13. The summed E-state index contributed by atoms with van der Waals surface area (Å²) in [4.78, 5) is 13.2. The molecule has 0 aliphatic rings. The number of ether oxygens (including phenoxy) is 1. The van der Waals surface area contributed by atoms with Gasteiger partial charge in [0.2, 0.25) is 11.2 Å². The first kappa shape index (κ1) is 18.3. The van der Waals surface area contributed by atoms with Crippen molar-refractivity contribution in [3.63, 3.8) is 0 Å². The molecule has 1 heterocycles. The molecule has 28 heavy (non-hydrogen) atoms. The summed E-state index contributed by atoms with van der Waals surface area (Å²) in [5.41, 5.74) is 4.25. The molecule has 0 bridgehead atoms. The highest BCUT2D eigenvalue weighted by molar-refractivity contribution is 6.30. The summed E-state index contributed by atoms with van der Waals surface area (Å²) >= 11 is 6.02. The predicted octanol–water partition coefficient (Wildman–Crippen LogP) is 6.31. The number of benzene rings is 3. The fraction of sp³-hybridized carbons (Fsp3) is 0.125. The van der Waals surface area contributed by atoms with Crippen molar-refractivity contribution in [3.8, 4) is 17.1 Å². The highest BCUT2D eigenvalue weighted by atomic mass is 35.5. The van der Waals surface area contributed by atoms with E-state index in [-0.39, 0.29) is 17.8 Å². The smallest absolute Gasteiger partial charge is 0.235 e. The molecule has 0 spiro atoms. The van der Waals surface area contributed by atoms with E-state index in [9.17, 15) is 4.79 Å². The summed E-state index contributed by atoms with van der Waals surface area (Å²) in [5, 5.41) is 1.12. The van der Waals surface area contributed by atoms with Crippen LogP contribution in [0.4, 0.5) is 0 Å². The summed E-state index contributed by atoms with van der Waals surface area (Å²) < 4.78 is 12.1. The van der Waals surface area contributed by atoms with Gasteiger partial charge in [0.25, 0.3) is 0 Å². The first-order valence-electron chi connectivity index (χ1n) is 9.03. The summed E-state index contributed by atoms with van der Waals surface area (Å²) in [5.74, 6) is 0.621. The molecule has 3 aromatic carbocycles. The van der Waals surface area contributed by atoms with Crippen molar-refractivity contribution in [2.75, 3.05) is 0 Å². The van der Waals surface area contributed by atoms with Crippen molar-refractivity contribution in [2.24, 2.45) is 0 Å². The summed E-state index contributed by atoms with van der Waals surface area (Å²) in [6.07, 6.45) is 0. The second-order valence-electron chi connectivity index (χ2n) is 6.81. The number of halogens is 1. The van der Waals surface area contributed by atoms with E-state index in [0.717, 1.165) is 22.3 Å². The van der Waals surface area contributed by atoms with Gasteiger partial charge in [0.05, 0.1) is 5.39 Å². The summed E-state index contributed by atoms with van der Waals surface area (Å²) in [7, 11) is 0. The van der Waals surface area contributed by atoms with Gasteiger partial charge in [-0.3, -0.25) is 4.79 Å². The van der Waals surface area contributed by atoms with Gasteiger partial charge in [-0.2, -0.15) is 0 Å².